The van der Waals surface area contributed by atoms with Gasteiger partial charge in [-0.05, 0) is 128 Å². The highest BCUT2D eigenvalue weighted by Crippen LogP contribution is 2.49. The molecule has 0 radical (unpaired) electrons. The van der Waals surface area contributed by atoms with Crippen LogP contribution >= 0.6 is 46.4 Å². The van der Waals surface area contributed by atoms with Crippen molar-refractivity contribution in [1.29, 1.82) is 0 Å². The topological polar surface area (TPSA) is 364 Å². The van der Waals surface area contributed by atoms with Crippen molar-refractivity contribution in [1.82, 2.24) is 39.5 Å². The summed E-state index contributed by atoms with van der Waals surface area (Å²) in [6, 6.07) is 11.4. The average Bonchev–Trinajstić information content (AvgIpc) is 0.787. The Kier molecular flexibility index (Phi) is 29.4. The number of carbonyl (C=O) groups is 8. The number of piperazine rings is 2. The van der Waals surface area contributed by atoms with Gasteiger partial charge >= 0.3 is 36.4 Å². The number of nitrogen functional groups attached to an aromatic ring is 1. The Morgan fingerprint density at radius 1 is 0.450 bits per heavy atom. The van der Waals surface area contributed by atoms with E-state index in [9.17, 15) is 48.5 Å². The summed E-state index contributed by atoms with van der Waals surface area (Å²) in [6.45, 7) is 24.2. The van der Waals surface area contributed by atoms with Crippen molar-refractivity contribution in [3.05, 3.63) is 115 Å². The number of nitro benzene ring substituents is 1. The third-order valence-electron chi connectivity index (χ3n) is 16.0. The molecule has 602 valence electrons. The number of ether oxygens (including phenoxy) is 8. The van der Waals surface area contributed by atoms with E-state index in [1.807, 2.05) is 14.1 Å². The average molecular weight is 1630 g/mol. The molecule has 38 heteroatoms. The third-order valence-corrected chi connectivity index (χ3v) is 17.4. The van der Waals surface area contributed by atoms with Crippen LogP contribution in [0.15, 0.2) is 73.3 Å². The number of halogens is 4. The smallest absolute Gasteiger partial charge is 0.423 e. The molecule has 4 heterocycles. The molecule has 2 N–H and O–H groups in total. The monoisotopic (exact) mass is 1620 g/mol. The van der Waals surface area contributed by atoms with Crippen LogP contribution in [0.5, 0.6) is 23.0 Å². The van der Waals surface area contributed by atoms with Gasteiger partial charge in [-0.1, -0.05) is 53.8 Å². The third kappa shape index (κ3) is 22.0. The Labute approximate surface area is 664 Å². The molecule has 2 fully saturated rings. The molecule has 8 rings (SSSR count). The van der Waals surface area contributed by atoms with Crippen molar-refractivity contribution < 1.29 is 81.2 Å². The number of nitro groups is 1. The van der Waals surface area contributed by atoms with E-state index >= 15 is 0 Å². The van der Waals surface area contributed by atoms with Gasteiger partial charge in [0.1, 0.15) is 118 Å². The summed E-state index contributed by atoms with van der Waals surface area (Å²) in [4.78, 5) is 152. The Bertz CT molecular complexity index is 4420. The Morgan fingerprint density at radius 3 is 1.05 bits per heavy atom. The lowest BCUT2D eigenvalue weighted by Crippen LogP contribution is -2.48. The Hall–Kier alpha value is -10.5. The maximum atomic E-state index is 14.4. The first-order valence-electron chi connectivity index (χ1n) is 33.9. The number of nitrogens with zero attached hydrogens (tertiary/aromatic N) is 15. The zero-order valence-electron chi connectivity index (χ0n) is 64.7. The van der Waals surface area contributed by atoms with E-state index in [2.05, 4.69) is 29.7 Å². The highest BCUT2D eigenvalue weighted by molar-refractivity contribution is 6.44. The SMILES string of the molecule is C.COc1cc(OC)c(Cl)c(N(C(=O)OC(C)(C)C)C(=O)N(C)c2cc(N(C(=O)OC(C)(C)C)c3ccc(C(=O)N4CCN(C)CC4)cc3N)ncn2)c1Cl.COc1cc(OC)c(Cl)c(N(C(=O)OC(C)(C)C)C(=O)N(C)c2cc(N(C(=O)OC(C)(C)C)c3ccc(C(=O)N4CCN(C)CC4)cc3[N+](=O)[O-])ncn2)c1Cl. The van der Waals surface area contributed by atoms with Crippen molar-refractivity contribution in [3.63, 3.8) is 0 Å². The summed E-state index contributed by atoms with van der Waals surface area (Å²) in [6.07, 6.45) is -2.13. The van der Waals surface area contributed by atoms with Gasteiger partial charge in [0.25, 0.3) is 17.5 Å². The molecule has 0 atom stereocenters. The predicted molar refractivity (Wildman–Crippen MR) is 422 cm³/mol. The molecule has 2 aliphatic rings. The van der Waals surface area contributed by atoms with E-state index < -0.39 is 75.4 Å². The van der Waals surface area contributed by atoms with Crippen molar-refractivity contribution in [2.75, 3.05) is 144 Å². The summed E-state index contributed by atoms with van der Waals surface area (Å²) in [7, 11) is 11.8. The lowest BCUT2D eigenvalue weighted by atomic mass is 10.1. The number of methoxy groups -OCH3 is 4. The van der Waals surface area contributed by atoms with Crippen molar-refractivity contribution in [2.24, 2.45) is 0 Å². The molecule has 10 amide bonds. The number of amides is 10. The van der Waals surface area contributed by atoms with Gasteiger partial charge in [-0.3, -0.25) is 29.5 Å². The van der Waals surface area contributed by atoms with Gasteiger partial charge in [0.05, 0.1) is 44.7 Å². The highest BCUT2D eigenvalue weighted by atomic mass is 35.5. The number of nitrogens with two attached hydrogens (primary N) is 1. The van der Waals surface area contributed by atoms with Gasteiger partial charge in [0.2, 0.25) is 0 Å². The molecular formula is C73H94Cl4N16O18. The largest absolute Gasteiger partial charge is 0.495 e. The summed E-state index contributed by atoms with van der Waals surface area (Å²) in [5, 5.41) is 11.7. The molecule has 2 aliphatic heterocycles. The maximum Gasteiger partial charge on any atom is 0.423 e. The second kappa shape index (κ2) is 36.5. The zero-order chi connectivity index (χ0) is 82.1. The van der Waals surface area contributed by atoms with Crippen LogP contribution in [-0.4, -0.2) is 224 Å². The first kappa shape index (κ1) is 89.4. The molecule has 2 saturated heterocycles. The van der Waals surface area contributed by atoms with Crippen LogP contribution in [0.4, 0.5) is 86.2 Å². The number of anilines is 9. The van der Waals surface area contributed by atoms with E-state index in [-0.39, 0.29) is 114 Å². The molecule has 0 saturated carbocycles. The van der Waals surface area contributed by atoms with E-state index in [1.54, 1.807) is 99.0 Å². The van der Waals surface area contributed by atoms with Gasteiger partial charge in [-0.2, -0.15) is 9.80 Å². The normalized spacial score (nSPS) is 13.3. The number of likely N-dealkylation sites (N-methyl/N-ethyl adjacent to an activating group) is 2. The lowest BCUT2D eigenvalue weighted by Gasteiger charge is -2.32. The fourth-order valence-electron chi connectivity index (χ4n) is 10.6. The summed E-state index contributed by atoms with van der Waals surface area (Å²) in [5.74, 6) is -1.06. The minimum Gasteiger partial charge on any atom is -0.495 e. The van der Waals surface area contributed by atoms with E-state index in [0.29, 0.717) is 54.6 Å². The van der Waals surface area contributed by atoms with E-state index in [4.69, 9.17) is 90.0 Å². The van der Waals surface area contributed by atoms with Crippen LogP contribution in [-0.2, 0) is 18.9 Å². The molecule has 111 heavy (non-hydrogen) atoms. The van der Waals surface area contributed by atoms with Crippen LogP contribution in [0.2, 0.25) is 20.1 Å². The predicted octanol–water partition coefficient (Wildman–Crippen LogP) is 14.6. The number of benzene rings is 4. The summed E-state index contributed by atoms with van der Waals surface area (Å²) >= 11 is 26.6. The van der Waals surface area contributed by atoms with Gasteiger partial charge in [-0.25, -0.2) is 58.5 Å². The Balaban J connectivity index is 0.000000343. The molecule has 34 nitrogen and oxygen atoms in total. The minimum atomic E-state index is -1.18. The van der Waals surface area contributed by atoms with Crippen LogP contribution in [0.1, 0.15) is 111 Å². The number of imide groups is 2. The number of rotatable bonds is 15. The van der Waals surface area contributed by atoms with Crippen molar-refractivity contribution >= 4 is 152 Å². The number of hydrogen-bond acceptors (Lipinski definition) is 25. The zero-order valence-corrected chi connectivity index (χ0v) is 67.8. The van der Waals surface area contributed by atoms with Crippen molar-refractivity contribution in [2.45, 2.75) is 113 Å². The second-order valence-corrected chi connectivity index (χ2v) is 30.4. The molecule has 0 aliphatic carbocycles. The van der Waals surface area contributed by atoms with Gasteiger partial charge in [0.15, 0.2) is 0 Å². The van der Waals surface area contributed by atoms with Crippen LogP contribution in [0, 0.1) is 10.1 Å². The quantitative estimate of drug-likeness (QED) is 0.0432. The summed E-state index contributed by atoms with van der Waals surface area (Å²) < 4.78 is 44.0. The molecule has 0 unspecified atom stereocenters. The Morgan fingerprint density at radius 2 is 0.748 bits per heavy atom. The van der Waals surface area contributed by atoms with Crippen LogP contribution in [0.3, 0.4) is 0 Å². The number of aromatic nitrogens is 4. The standard InChI is InChI=1S/C36H44Cl2N8O10.C36H46Cl2N8O8.CH4/c1-35(2,3)55-33(49)44(22-12-11-21(17-23(22)46(51)52)31(47)43-15-13-41(7)14-16-43)27-19-26(39-20-40-27)42(8)32(48)45(34(50)56-36(4,5)6)30-28(37)24(53-9)18-25(54-10)29(30)38;1-35(2,3)53-33(49)45(23-12-11-21(17-22(23)39)31(47)44-15-13-42(7)14-16-44)27-19-26(40-20-41-27)43(8)32(48)46(34(50)54-36(4,5)6)30-28(37)24(51-9)18-25(52-10)29(30)38;/h11-12,17-20H,13-16H2,1-10H3;11-12,17-20H,13-16,39H2,1-10H3;1H4. The summed E-state index contributed by atoms with van der Waals surface area (Å²) in [5.41, 5.74) is 1.48. The van der Waals surface area contributed by atoms with Gasteiger partial charge < -0.3 is 63.2 Å². The van der Waals surface area contributed by atoms with Gasteiger partial charge in [-0.15, -0.1) is 0 Å². The fraction of sp³-hybridized carbons (Fsp3) is 0.452. The minimum absolute atomic E-state index is 0. The molecule has 4 aromatic carbocycles. The first-order chi connectivity index (χ1) is 51.2. The fourth-order valence-corrected chi connectivity index (χ4v) is 11.9. The molecule has 0 bridgehead atoms. The van der Waals surface area contributed by atoms with E-state index in [0.717, 1.165) is 57.5 Å². The molecule has 0 spiro atoms. The molecule has 6 aromatic rings. The highest BCUT2D eigenvalue weighted by Gasteiger charge is 2.41. The molecular weight excluding hydrogens is 1530 g/mol. The number of hydrogen-bond donors (Lipinski definition) is 1. The van der Waals surface area contributed by atoms with Crippen LogP contribution in [0.25, 0.3) is 0 Å². The van der Waals surface area contributed by atoms with Gasteiger partial charge in [0, 0.05) is 108 Å². The number of carbonyl (C=O) groups excluding carboxylic acids is 8. The second-order valence-electron chi connectivity index (χ2n) is 28.9. The maximum absolute atomic E-state index is 14.4. The first-order valence-corrected chi connectivity index (χ1v) is 35.4. The van der Waals surface area contributed by atoms with Crippen LogP contribution < -0.4 is 54.1 Å². The number of urea groups is 2. The van der Waals surface area contributed by atoms with Crippen molar-refractivity contribution in [3.8, 4) is 23.0 Å². The molecule has 2 aromatic heterocycles. The lowest BCUT2D eigenvalue weighted by molar-refractivity contribution is -0.384. The van der Waals surface area contributed by atoms with E-state index in [1.165, 1.54) is 85.0 Å².